The highest BCUT2D eigenvalue weighted by molar-refractivity contribution is 5.85. The number of hydrogen-bond donors (Lipinski definition) is 1. The van der Waals surface area contributed by atoms with Gasteiger partial charge in [-0.25, -0.2) is 0 Å². The molecule has 0 bridgehead atoms. The predicted octanol–water partition coefficient (Wildman–Crippen LogP) is 0.653. The summed E-state index contributed by atoms with van der Waals surface area (Å²) in [6.45, 7) is 6.24. The number of rotatable bonds is 3. The van der Waals surface area contributed by atoms with E-state index in [0.29, 0.717) is 13.2 Å². The quantitative estimate of drug-likeness (QED) is 0.783. The van der Waals surface area contributed by atoms with Gasteiger partial charge in [-0.1, -0.05) is 6.92 Å². The molecule has 1 aliphatic rings. The van der Waals surface area contributed by atoms with Crippen LogP contribution >= 0.6 is 12.4 Å². The molecule has 0 aromatic carbocycles. The zero-order valence-electron chi connectivity index (χ0n) is 9.66. The van der Waals surface area contributed by atoms with Crippen LogP contribution in [0.2, 0.25) is 0 Å². The number of nitrogens with one attached hydrogen (secondary N) is 1. The van der Waals surface area contributed by atoms with Crippen LogP contribution in [-0.2, 0) is 9.53 Å². The van der Waals surface area contributed by atoms with Crippen molar-refractivity contribution in [3.8, 4) is 0 Å². The minimum atomic E-state index is -0.289. The molecule has 1 N–H and O–H groups in total. The molecule has 0 saturated carbocycles. The van der Waals surface area contributed by atoms with Crippen LogP contribution in [0.5, 0.6) is 0 Å². The van der Waals surface area contributed by atoms with Gasteiger partial charge in [-0.2, -0.15) is 0 Å². The van der Waals surface area contributed by atoms with E-state index < -0.39 is 0 Å². The molecule has 1 fully saturated rings. The summed E-state index contributed by atoms with van der Waals surface area (Å²) in [7, 11) is 1.84. The number of amides is 1. The summed E-state index contributed by atoms with van der Waals surface area (Å²) >= 11 is 0. The first kappa shape index (κ1) is 14.7. The van der Waals surface area contributed by atoms with Crippen molar-refractivity contribution in [2.45, 2.75) is 32.4 Å². The second-order valence-electron chi connectivity index (χ2n) is 3.77. The Kier molecular flexibility index (Phi) is 6.89. The molecule has 0 radical (unpaired) electrons. The average Bonchev–Trinajstić information content (AvgIpc) is 2.27. The van der Waals surface area contributed by atoms with E-state index in [2.05, 4.69) is 12.2 Å². The second-order valence-corrected chi connectivity index (χ2v) is 3.77. The Morgan fingerprint density at radius 2 is 2.33 bits per heavy atom. The maximum absolute atomic E-state index is 11.9. The number of carbonyl (C=O) groups excluding carboxylic acids is 1. The summed E-state index contributed by atoms with van der Waals surface area (Å²) in [5, 5.41) is 3.16. The van der Waals surface area contributed by atoms with Gasteiger partial charge in [0.25, 0.3) is 5.91 Å². The minimum absolute atomic E-state index is 0. The third kappa shape index (κ3) is 3.97. The summed E-state index contributed by atoms with van der Waals surface area (Å²) in [4.78, 5) is 13.6. The van der Waals surface area contributed by atoms with E-state index in [9.17, 15) is 4.79 Å². The van der Waals surface area contributed by atoms with Crippen molar-refractivity contribution in [1.29, 1.82) is 0 Å². The maximum Gasteiger partial charge on any atom is 0.253 e. The van der Waals surface area contributed by atoms with Crippen molar-refractivity contribution in [2.24, 2.45) is 0 Å². The number of morpholine rings is 1. The number of nitrogens with zero attached hydrogens (tertiary/aromatic N) is 1. The first-order valence-corrected chi connectivity index (χ1v) is 5.25. The van der Waals surface area contributed by atoms with E-state index in [-0.39, 0.29) is 30.5 Å². The van der Waals surface area contributed by atoms with E-state index in [0.717, 1.165) is 13.0 Å². The van der Waals surface area contributed by atoms with E-state index >= 15 is 0 Å². The van der Waals surface area contributed by atoms with Crippen LogP contribution in [0.15, 0.2) is 0 Å². The molecule has 1 unspecified atom stereocenters. The highest BCUT2D eigenvalue weighted by Crippen LogP contribution is 2.06. The number of ether oxygens (including phenoxy) is 1. The normalized spacial score (nSPS) is 22.7. The lowest BCUT2D eigenvalue weighted by atomic mass is 10.2. The van der Waals surface area contributed by atoms with Crippen molar-refractivity contribution < 1.29 is 9.53 Å². The molecule has 1 rings (SSSR count). The van der Waals surface area contributed by atoms with Crippen molar-refractivity contribution in [1.82, 2.24) is 10.2 Å². The zero-order valence-corrected chi connectivity index (χ0v) is 10.5. The SMILES string of the molecule is CCC(C)N(C)C(=O)[C@@H]1CNCCO1.Cl. The molecular weight excluding hydrogens is 216 g/mol. The summed E-state index contributed by atoms with van der Waals surface area (Å²) in [6, 6.07) is 0.285. The monoisotopic (exact) mass is 236 g/mol. The van der Waals surface area contributed by atoms with Gasteiger partial charge < -0.3 is 15.0 Å². The van der Waals surface area contributed by atoms with Crippen LogP contribution in [0.1, 0.15) is 20.3 Å². The molecule has 15 heavy (non-hydrogen) atoms. The molecule has 1 saturated heterocycles. The van der Waals surface area contributed by atoms with Crippen LogP contribution < -0.4 is 5.32 Å². The Labute approximate surface area is 97.8 Å². The lowest BCUT2D eigenvalue weighted by molar-refractivity contribution is -0.145. The van der Waals surface area contributed by atoms with Gasteiger partial charge >= 0.3 is 0 Å². The molecule has 1 amide bonds. The molecule has 1 aliphatic heterocycles. The van der Waals surface area contributed by atoms with Crippen molar-refractivity contribution >= 4 is 18.3 Å². The largest absolute Gasteiger partial charge is 0.366 e. The second kappa shape index (κ2) is 7.04. The molecule has 2 atom stereocenters. The molecule has 0 aromatic heterocycles. The maximum atomic E-state index is 11.9. The Hall–Kier alpha value is -0.320. The summed E-state index contributed by atoms with van der Waals surface area (Å²) in [6.07, 6.45) is 0.685. The highest BCUT2D eigenvalue weighted by atomic mass is 35.5. The number of halogens is 1. The highest BCUT2D eigenvalue weighted by Gasteiger charge is 2.26. The first-order valence-electron chi connectivity index (χ1n) is 5.25. The fourth-order valence-electron chi connectivity index (χ4n) is 1.44. The van der Waals surface area contributed by atoms with Gasteiger partial charge in [0.1, 0.15) is 6.10 Å². The Morgan fingerprint density at radius 3 is 2.80 bits per heavy atom. The van der Waals surface area contributed by atoms with Crippen LogP contribution in [0.25, 0.3) is 0 Å². The standard InChI is InChI=1S/C10H20N2O2.ClH/c1-4-8(2)12(3)10(13)9-7-11-5-6-14-9;/h8-9,11H,4-7H2,1-3H3;1H/t8?,9-;/m0./s1. The molecule has 1 heterocycles. The molecule has 90 valence electrons. The third-order valence-corrected chi connectivity index (χ3v) is 2.80. The van der Waals surface area contributed by atoms with E-state index in [1.54, 1.807) is 4.90 Å². The fraction of sp³-hybridized carbons (Fsp3) is 0.900. The first-order chi connectivity index (χ1) is 6.66. The summed E-state index contributed by atoms with van der Waals surface area (Å²) in [5.74, 6) is 0.0894. The van der Waals surface area contributed by atoms with Gasteiger partial charge in [0.05, 0.1) is 6.61 Å². The number of carbonyl (C=O) groups is 1. The molecule has 0 aromatic rings. The molecule has 0 aliphatic carbocycles. The smallest absolute Gasteiger partial charge is 0.253 e. The van der Waals surface area contributed by atoms with Gasteiger partial charge in [-0.05, 0) is 13.3 Å². The Balaban J connectivity index is 0.00000196. The van der Waals surface area contributed by atoms with Crippen molar-refractivity contribution in [3.05, 3.63) is 0 Å². The predicted molar refractivity (Wildman–Crippen MR) is 62.4 cm³/mol. The van der Waals surface area contributed by atoms with Crippen LogP contribution in [0, 0.1) is 0 Å². The summed E-state index contributed by atoms with van der Waals surface area (Å²) in [5.41, 5.74) is 0. The lowest BCUT2D eigenvalue weighted by Gasteiger charge is -2.30. The van der Waals surface area contributed by atoms with Gasteiger partial charge in [-0.15, -0.1) is 12.4 Å². The van der Waals surface area contributed by atoms with Crippen LogP contribution in [0.3, 0.4) is 0 Å². The van der Waals surface area contributed by atoms with Gasteiger partial charge in [0.15, 0.2) is 0 Å². The summed E-state index contributed by atoms with van der Waals surface area (Å²) < 4.78 is 5.40. The van der Waals surface area contributed by atoms with Crippen molar-refractivity contribution in [2.75, 3.05) is 26.7 Å². The number of likely N-dealkylation sites (N-methyl/N-ethyl adjacent to an activating group) is 1. The lowest BCUT2D eigenvalue weighted by Crippen LogP contribution is -2.50. The number of hydrogen-bond acceptors (Lipinski definition) is 3. The Bertz CT molecular complexity index is 192. The van der Waals surface area contributed by atoms with Gasteiger partial charge in [0, 0.05) is 26.2 Å². The van der Waals surface area contributed by atoms with Gasteiger partial charge in [-0.3, -0.25) is 4.79 Å². The Morgan fingerprint density at radius 1 is 1.67 bits per heavy atom. The van der Waals surface area contributed by atoms with Crippen LogP contribution in [0.4, 0.5) is 0 Å². The van der Waals surface area contributed by atoms with E-state index in [4.69, 9.17) is 4.74 Å². The van der Waals surface area contributed by atoms with Gasteiger partial charge in [0.2, 0.25) is 0 Å². The molecule has 0 spiro atoms. The topological polar surface area (TPSA) is 41.6 Å². The molecule has 4 nitrogen and oxygen atoms in total. The third-order valence-electron chi connectivity index (χ3n) is 2.80. The van der Waals surface area contributed by atoms with Crippen LogP contribution in [-0.4, -0.2) is 49.7 Å². The molecular formula is C10H21ClN2O2. The van der Waals surface area contributed by atoms with Crippen molar-refractivity contribution in [3.63, 3.8) is 0 Å². The van der Waals surface area contributed by atoms with E-state index in [1.807, 2.05) is 14.0 Å². The zero-order chi connectivity index (χ0) is 10.6. The minimum Gasteiger partial charge on any atom is -0.366 e. The van der Waals surface area contributed by atoms with E-state index in [1.165, 1.54) is 0 Å². The molecule has 5 heteroatoms. The average molecular weight is 237 g/mol. The fourth-order valence-corrected chi connectivity index (χ4v) is 1.44.